The van der Waals surface area contributed by atoms with E-state index >= 15 is 0 Å². The van der Waals surface area contributed by atoms with Crippen molar-refractivity contribution in [2.75, 3.05) is 45.9 Å². The molecular weight excluding hydrogens is 262 g/mol. The summed E-state index contributed by atoms with van der Waals surface area (Å²) in [6.07, 6.45) is 5.88. The Morgan fingerprint density at radius 1 is 1.19 bits per heavy atom. The lowest BCUT2D eigenvalue weighted by Crippen LogP contribution is -2.51. The highest BCUT2D eigenvalue weighted by Gasteiger charge is 2.35. The van der Waals surface area contributed by atoms with E-state index < -0.39 is 0 Å². The second-order valence-electron chi connectivity index (χ2n) is 7.55. The molecule has 122 valence electrons. The van der Waals surface area contributed by atoms with Crippen LogP contribution >= 0.6 is 0 Å². The molecule has 3 unspecified atom stereocenters. The predicted molar refractivity (Wildman–Crippen MR) is 86.6 cm³/mol. The first-order valence-electron chi connectivity index (χ1n) is 9.04. The summed E-state index contributed by atoms with van der Waals surface area (Å²) in [7, 11) is 0. The van der Waals surface area contributed by atoms with Gasteiger partial charge >= 0.3 is 0 Å². The number of hydrogen-bond acceptors (Lipinski definition) is 4. The molecule has 0 aromatic rings. The maximum Gasteiger partial charge on any atom is 0.0829 e. The highest BCUT2D eigenvalue weighted by Crippen LogP contribution is 2.25. The van der Waals surface area contributed by atoms with Gasteiger partial charge in [0.1, 0.15) is 0 Å². The van der Waals surface area contributed by atoms with Crippen LogP contribution in [0.25, 0.3) is 0 Å². The summed E-state index contributed by atoms with van der Waals surface area (Å²) in [4.78, 5) is 5.31. The van der Waals surface area contributed by atoms with Crippen LogP contribution in [0.2, 0.25) is 0 Å². The van der Waals surface area contributed by atoms with E-state index in [4.69, 9.17) is 4.74 Å². The van der Waals surface area contributed by atoms with Gasteiger partial charge in [-0.15, -0.1) is 0 Å². The van der Waals surface area contributed by atoms with Crippen molar-refractivity contribution >= 4 is 0 Å². The number of nitrogens with zero attached hydrogens (tertiary/aromatic N) is 2. The van der Waals surface area contributed by atoms with Gasteiger partial charge in [-0.25, -0.2) is 0 Å². The standard InChI is InChI=1S/C17H33N3O/c1-14(2)11-19-9-10-21-15(12-19)13-20-8-4-6-17(20)16-5-3-7-18-16/h14-18H,3-13H2,1-2H3. The third kappa shape index (κ3) is 4.19. The Morgan fingerprint density at radius 3 is 2.86 bits per heavy atom. The number of morpholine rings is 1. The Bertz CT molecular complexity index is 317. The molecule has 4 nitrogen and oxygen atoms in total. The van der Waals surface area contributed by atoms with Crippen LogP contribution in [-0.4, -0.2) is 73.9 Å². The Kier molecular flexibility index (Phi) is 5.54. The van der Waals surface area contributed by atoms with Gasteiger partial charge in [-0.3, -0.25) is 9.80 Å². The molecule has 0 spiro atoms. The third-order valence-corrected chi connectivity index (χ3v) is 5.26. The molecule has 3 saturated heterocycles. The first-order valence-corrected chi connectivity index (χ1v) is 9.04. The molecule has 3 rings (SSSR count). The van der Waals surface area contributed by atoms with Crippen LogP contribution in [0.4, 0.5) is 0 Å². The molecule has 0 amide bonds. The molecule has 0 bridgehead atoms. The van der Waals surface area contributed by atoms with Crippen molar-refractivity contribution in [1.29, 1.82) is 0 Å². The molecule has 3 heterocycles. The fourth-order valence-electron chi connectivity index (χ4n) is 4.41. The Hall–Kier alpha value is -0.160. The molecular formula is C17H33N3O. The first kappa shape index (κ1) is 15.7. The smallest absolute Gasteiger partial charge is 0.0829 e. The summed E-state index contributed by atoms with van der Waals surface area (Å²) in [5.41, 5.74) is 0. The monoisotopic (exact) mass is 295 g/mol. The number of rotatable bonds is 5. The zero-order valence-electron chi connectivity index (χ0n) is 13.9. The van der Waals surface area contributed by atoms with Crippen molar-refractivity contribution in [3.05, 3.63) is 0 Å². The normalized spacial score (nSPS) is 35.9. The summed E-state index contributed by atoms with van der Waals surface area (Å²) in [5, 5.41) is 3.71. The summed E-state index contributed by atoms with van der Waals surface area (Å²) in [6, 6.07) is 1.50. The largest absolute Gasteiger partial charge is 0.374 e. The minimum atomic E-state index is 0.416. The molecule has 0 aromatic carbocycles. The van der Waals surface area contributed by atoms with E-state index in [1.807, 2.05) is 0 Å². The van der Waals surface area contributed by atoms with Crippen molar-refractivity contribution in [1.82, 2.24) is 15.1 Å². The molecule has 0 radical (unpaired) electrons. The van der Waals surface area contributed by atoms with Crippen molar-refractivity contribution < 1.29 is 4.74 Å². The average molecular weight is 295 g/mol. The van der Waals surface area contributed by atoms with E-state index in [1.165, 1.54) is 45.3 Å². The average Bonchev–Trinajstić information content (AvgIpc) is 3.08. The molecule has 1 N–H and O–H groups in total. The van der Waals surface area contributed by atoms with E-state index in [0.717, 1.165) is 44.2 Å². The van der Waals surface area contributed by atoms with E-state index in [0.29, 0.717) is 6.10 Å². The van der Waals surface area contributed by atoms with Crippen LogP contribution < -0.4 is 5.32 Å². The molecule has 21 heavy (non-hydrogen) atoms. The molecule has 0 aliphatic carbocycles. The molecule has 3 aliphatic rings. The van der Waals surface area contributed by atoms with Gasteiger partial charge in [0.15, 0.2) is 0 Å². The lowest BCUT2D eigenvalue weighted by molar-refractivity contribution is -0.0486. The van der Waals surface area contributed by atoms with Gasteiger partial charge in [0.2, 0.25) is 0 Å². The maximum atomic E-state index is 6.06. The molecule has 3 atom stereocenters. The minimum Gasteiger partial charge on any atom is -0.374 e. The fraction of sp³-hybridized carbons (Fsp3) is 1.00. The second-order valence-corrected chi connectivity index (χ2v) is 7.55. The first-order chi connectivity index (χ1) is 10.2. The molecule has 0 aromatic heterocycles. The zero-order valence-corrected chi connectivity index (χ0v) is 13.9. The van der Waals surface area contributed by atoms with E-state index in [1.54, 1.807) is 0 Å². The molecule has 4 heteroatoms. The van der Waals surface area contributed by atoms with Crippen molar-refractivity contribution in [3.8, 4) is 0 Å². The van der Waals surface area contributed by atoms with Crippen LogP contribution in [0.5, 0.6) is 0 Å². The van der Waals surface area contributed by atoms with Crippen LogP contribution in [0, 0.1) is 5.92 Å². The highest BCUT2D eigenvalue weighted by molar-refractivity contribution is 4.93. The lowest BCUT2D eigenvalue weighted by Gasteiger charge is -2.38. The number of hydrogen-bond donors (Lipinski definition) is 1. The van der Waals surface area contributed by atoms with Gasteiger partial charge in [-0.05, 0) is 44.7 Å². The SMILES string of the molecule is CC(C)CN1CCOC(CN2CCCC2C2CCCN2)C1. The van der Waals surface area contributed by atoms with Gasteiger partial charge in [0.25, 0.3) is 0 Å². The number of likely N-dealkylation sites (tertiary alicyclic amines) is 1. The summed E-state index contributed by atoms with van der Waals surface area (Å²) in [6.45, 7) is 12.6. The second kappa shape index (κ2) is 7.40. The van der Waals surface area contributed by atoms with Crippen molar-refractivity contribution in [2.45, 2.75) is 57.7 Å². The quantitative estimate of drug-likeness (QED) is 0.833. The topological polar surface area (TPSA) is 27.7 Å². The van der Waals surface area contributed by atoms with Gasteiger partial charge in [-0.2, -0.15) is 0 Å². The van der Waals surface area contributed by atoms with E-state index in [9.17, 15) is 0 Å². The summed E-state index contributed by atoms with van der Waals surface area (Å²) in [5.74, 6) is 0.756. The fourth-order valence-corrected chi connectivity index (χ4v) is 4.41. The molecule has 3 fully saturated rings. The van der Waals surface area contributed by atoms with Crippen LogP contribution in [0.15, 0.2) is 0 Å². The summed E-state index contributed by atoms with van der Waals surface area (Å²) >= 11 is 0. The Labute approximate surface area is 130 Å². The van der Waals surface area contributed by atoms with Gasteiger partial charge in [0, 0.05) is 38.3 Å². The van der Waals surface area contributed by atoms with Crippen LogP contribution in [0.1, 0.15) is 39.5 Å². The van der Waals surface area contributed by atoms with Crippen molar-refractivity contribution in [2.24, 2.45) is 5.92 Å². The number of ether oxygens (including phenoxy) is 1. The zero-order chi connectivity index (χ0) is 14.7. The summed E-state index contributed by atoms with van der Waals surface area (Å²) < 4.78 is 6.06. The van der Waals surface area contributed by atoms with Crippen molar-refractivity contribution in [3.63, 3.8) is 0 Å². The van der Waals surface area contributed by atoms with E-state index in [2.05, 4.69) is 29.0 Å². The van der Waals surface area contributed by atoms with Crippen LogP contribution in [-0.2, 0) is 4.74 Å². The van der Waals surface area contributed by atoms with Gasteiger partial charge < -0.3 is 10.1 Å². The number of nitrogens with one attached hydrogen (secondary N) is 1. The Morgan fingerprint density at radius 2 is 2.10 bits per heavy atom. The maximum absolute atomic E-state index is 6.06. The van der Waals surface area contributed by atoms with Gasteiger partial charge in [0.05, 0.1) is 12.7 Å². The highest BCUT2D eigenvalue weighted by atomic mass is 16.5. The Balaban J connectivity index is 1.50. The molecule has 0 saturated carbocycles. The van der Waals surface area contributed by atoms with Crippen LogP contribution in [0.3, 0.4) is 0 Å². The predicted octanol–water partition coefficient (Wildman–Crippen LogP) is 1.56. The third-order valence-electron chi connectivity index (χ3n) is 5.26. The van der Waals surface area contributed by atoms with E-state index in [-0.39, 0.29) is 0 Å². The lowest BCUT2D eigenvalue weighted by atomic mass is 10.0. The molecule has 3 aliphatic heterocycles. The van der Waals surface area contributed by atoms with Gasteiger partial charge in [-0.1, -0.05) is 13.8 Å². The minimum absolute atomic E-state index is 0.416.